The topological polar surface area (TPSA) is 67.4 Å². The Morgan fingerprint density at radius 3 is 2.62 bits per heavy atom. The number of benzene rings is 1. The highest BCUT2D eigenvalue weighted by Crippen LogP contribution is 2.26. The first-order valence-corrected chi connectivity index (χ1v) is 5.31. The Kier molecular flexibility index (Phi) is 2.96. The zero-order valence-corrected chi connectivity index (χ0v) is 9.15. The number of nitrogen functional groups attached to an aromatic ring is 1. The summed E-state index contributed by atoms with van der Waals surface area (Å²) in [6.45, 7) is 7.16. The van der Waals surface area contributed by atoms with E-state index in [1.165, 1.54) is 0 Å². The lowest BCUT2D eigenvalue weighted by atomic mass is 10.2. The van der Waals surface area contributed by atoms with Crippen molar-refractivity contribution in [1.29, 1.82) is 0 Å². The minimum Gasteiger partial charge on any atom is -0.619 e. The average molecular weight is 220 g/mol. The fraction of sp³-hybridized carbons (Fsp3) is 0.364. The molecule has 5 heteroatoms. The lowest BCUT2D eigenvalue weighted by molar-refractivity contribution is -0.348. The number of piperazine rings is 1. The second kappa shape index (κ2) is 4.40. The largest absolute Gasteiger partial charge is 0.619 e. The minimum absolute atomic E-state index is 0.416. The summed E-state index contributed by atoms with van der Waals surface area (Å²) in [7, 11) is 0. The summed E-state index contributed by atoms with van der Waals surface area (Å²) < 4.78 is 0.539. The maximum atomic E-state index is 11.1. The Labute approximate surface area is 94.8 Å². The molecular weight excluding hydrogens is 204 g/mol. The first kappa shape index (κ1) is 10.8. The van der Waals surface area contributed by atoms with E-state index in [0.717, 1.165) is 31.9 Å². The number of nitrogens with zero attached hydrogens (tertiary/aromatic N) is 2. The van der Waals surface area contributed by atoms with Crippen LogP contribution in [0.4, 0.5) is 17.1 Å². The van der Waals surface area contributed by atoms with Gasteiger partial charge < -0.3 is 21.2 Å². The lowest BCUT2D eigenvalue weighted by Gasteiger charge is -2.29. The van der Waals surface area contributed by atoms with Crippen LogP contribution in [0.3, 0.4) is 0 Å². The van der Waals surface area contributed by atoms with Gasteiger partial charge in [0.1, 0.15) is 12.4 Å². The summed E-state index contributed by atoms with van der Waals surface area (Å²) in [5.41, 5.74) is 7.75. The molecule has 5 nitrogen and oxygen atoms in total. The molecule has 1 aromatic rings. The SMILES string of the molecule is C=[N+]([O-])c1ccc(N2CCNCC2)cc1N. The van der Waals surface area contributed by atoms with Gasteiger partial charge in [-0.25, -0.2) is 0 Å². The molecule has 0 radical (unpaired) electrons. The van der Waals surface area contributed by atoms with E-state index >= 15 is 0 Å². The number of anilines is 2. The van der Waals surface area contributed by atoms with Crippen LogP contribution in [0.2, 0.25) is 0 Å². The molecule has 0 aromatic heterocycles. The van der Waals surface area contributed by atoms with Gasteiger partial charge in [-0.05, 0) is 12.1 Å². The van der Waals surface area contributed by atoms with Crippen molar-refractivity contribution in [3.05, 3.63) is 23.4 Å². The van der Waals surface area contributed by atoms with Crippen LogP contribution in [0.25, 0.3) is 0 Å². The molecule has 0 aliphatic carbocycles. The zero-order chi connectivity index (χ0) is 11.5. The monoisotopic (exact) mass is 220 g/mol. The maximum absolute atomic E-state index is 11.1. The van der Waals surface area contributed by atoms with Gasteiger partial charge in [0.15, 0.2) is 0 Å². The fourth-order valence-electron chi connectivity index (χ4n) is 1.89. The summed E-state index contributed by atoms with van der Waals surface area (Å²) in [4.78, 5) is 2.24. The van der Waals surface area contributed by atoms with Gasteiger partial charge in [0.2, 0.25) is 5.69 Å². The van der Waals surface area contributed by atoms with Crippen molar-refractivity contribution in [2.75, 3.05) is 36.8 Å². The van der Waals surface area contributed by atoms with E-state index in [0.29, 0.717) is 16.1 Å². The van der Waals surface area contributed by atoms with Gasteiger partial charge in [0.05, 0.1) is 0 Å². The van der Waals surface area contributed by atoms with Crippen LogP contribution in [0, 0.1) is 5.21 Å². The van der Waals surface area contributed by atoms with E-state index < -0.39 is 0 Å². The number of hydrogen-bond acceptors (Lipinski definition) is 4. The molecule has 0 saturated carbocycles. The van der Waals surface area contributed by atoms with Crippen LogP contribution in [0.5, 0.6) is 0 Å². The predicted octanol–water partition coefficient (Wildman–Crippen LogP) is 0.521. The van der Waals surface area contributed by atoms with E-state index in [1.807, 2.05) is 12.1 Å². The molecule has 0 amide bonds. The smallest absolute Gasteiger partial charge is 0.239 e. The van der Waals surface area contributed by atoms with E-state index in [9.17, 15) is 5.21 Å². The van der Waals surface area contributed by atoms with E-state index in [2.05, 4.69) is 16.9 Å². The van der Waals surface area contributed by atoms with E-state index in [-0.39, 0.29) is 0 Å². The molecule has 0 bridgehead atoms. The standard InChI is InChI=1S/C11H16N4O/c1-14(16)11-3-2-9(8-10(11)12)15-6-4-13-5-7-15/h2-3,8,13H,1,4-7,12H2. The van der Waals surface area contributed by atoms with Gasteiger partial charge in [-0.2, -0.15) is 4.74 Å². The third-order valence-corrected chi connectivity index (χ3v) is 2.76. The number of nitrogens with two attached hydrogens (primary N) is 1. The highest BCUT2D eigenvalue weighted by Gasteiger charge is 2.13. The minimum atomic E-state index is 0.416. The van der Waals surface area contributed by atoms with Crippen LogP contribution >= 0.6 is 0 Å². The number of rotatable bonds is 2. The molecule has 1 aliphatic rings. The van der Waals surface area contributed by atoms with Crippen molar-refractivity contribution in [1.82, 2.24) is 5.32 Å². The van der Waals surface area contributed by atoms with E-state index in [1.54, 1.807) is 6.07 Å². The normalized spacial score (nSPS) is 16.1. The molecule has 16 heavy (non-hydrogen) atoms. The fourth-order valence-corrected chi connectivity index (χ4v) is 1.89. The third-order valence-electron chi connectivity index (χ3n) is 2.76. The summed E-state index contributed by atoms with van der Waals surface area (Å²) in [5.74, 6) is 0. The number of hydrogen-bond donors (Lipinski definition) is 2. The van der Waals surface area contributed by atoms with Crippen LogP contribution in [0.15, 0.2) is 18.2 Å². The summed E-state index contributed by atoms with van der Waals surface area (Å²) >= 11 is 0. The molecule has 1 aliphatic heterocycles. The van der Waals surface area contributed by atoms with Gasteiger partial charge in [-0.15, -0.1) is 0 Å². The van der Waals surface area contributed by atoms with Crippen molar-refractivity contribution in [2.24, 2.45) is 0 Å². The Bertz CT molecular complexity index is 399. The molecule has 3 N–H and O–H groups in total. The summed E-state index contributed by atoms with van der Waals surface area (Å²) in [5, 5.41) is 14.3. The van der Waals surface area contributed by atoms with Gasteiger partial charge >= 0.3 is 0 Å². The maximum Gasteiger partial charge on any atom is 0.239 e. The highest BCUT2D eigenvalue weighted by molar-refractivity contribution is 5.67. The van der Waals surface area contributed by atoms with Crippen molar-refractivity contribution < 1.29 is 4.74 Å². The number of nitrogens with one attached hydrogen (secondary N) is 1. The van der Waals surface area contributed by atoms with Crippen LogP contribution in [-0.4, -0.2) is 37.6 Å². The predicted molar refractivity (Wildman–Crippen MR) is 66.3 cm³/mol. The first-order valence-electron chi connectivity index (χ1n) is 5.31. The van der Waals surface area contributed by atoms with Crippen LogP contribution < -0.4 is 16.0 Å². The molecule has 1 aromatic carbocycles. The molecule has 86 valence electrons. The Morgan fingerprint density at radius 2 is 2.06 bits per heavy atom. The molecule has 0 spiro atoms. The lowest BCUT2D eigenvalue weighted by Crippen LogP contribution is -2.43. The molecular formula is C11H16N4O. The molecule has 2 rings (SSSR count). The average Bonchev–Trinajstić information content (AvgIpc) is 2.29. The summed E-state index contributed by atoms with van der Waals surface area (Å²) in [6, 6.07) is 5.45. The molecule has 1 fully saturated rings. The Hall–Kier alpha value is -1.75. The van der Waals surface area contributed by atoms with Crippen molar-refractivity contribution in [3.8, 4) is 0 Å². The second-order valence-electron chi connectivity index (χ2n) is 3.86. The molecule has 1 saturated heterocycles. The molecule has 0 unspecified atom stereocenters. The Balaban J connectivity index is 2.23. The van der Waals surface area contributed by atoms with Crippen LogP contribution in [-0.2, 0) is 0 Å². The van der Waals surface area contributed by atoms with E-state index in [4.69, 9.17) is 5.73 Å². The van der Waals surface area contributed by atoms with Crippen molar-refractivity contribution in [3.63, 3.8) is 0 Å². The quantitative estimate of drug-likeness (QED) is 0.251. The summed E-state index contributed by atoms with van der Waals surface area (Å²) in [6.07, 6.45) is 0. The van der Waals surface area contributed by atoms with Crippen molar-refractivity contribution >= 4 is 23.8 Å². The van der Waals surface area contributed by atoms with Crippen molar-refractivity contribution in [2.45, 2.75) is 0 Å². The second-order valence-corrected chi connectivity index (χ2v) is 3.86. The van der Waals surface area contributed by atoms with Gasteiger partial charge in [0, 0.05) is 37.9 Å². The highest BCUT2D eigenvalue weighted by atomic mass is 16.5. The zero-order valence-electron chi connectivity index (χ0n) is 9.15. The van der Waals surface area contributed by atoms with Gasteiger partial charge in [-0.1, -0.05) is 0 Å². The Morgan fingerprint density at radius 1 is 1.38 bits per heavy atom. The van der Waals surface area contributed by atoms with Gasteiger partial charge in [-0.3, -0.25) is 0 Å². The molecule has 1 heterocycles. The molecule has 0 atom stereocenters. The first-order chi connectivity index (χ1) is 7.68. The third kappa shape index (κ3) is 2.09. The van der Waals surface area contributed by atoms with Crippen LogP contribution in [0.1, 0.15) is 0 Å². The van der Waals surface area contributed by atoms with Gasteiger partial charge in [0.25, 0.3) is 0 Å².